The summed E-state index contributed by atoms with van der Waals surface area (Å²) >= 11 is 0. The largest absolute Gasteiger partial charge is 0.480 e. The molecule has 2 aromatic rings. The van der Waals surface area contributed by atoms with E-state index in [1.807, 2.05) is 0 Å². The van der Waals surface area contributed by atoms with Crippen molar-refractivity contribution in [2.45, 2.75) is 6.04 Å². The monoisotopic (exact) mass is 313 g/mol. The van der Waals surface area contributed by atoms with E-state index in [2.05, 4.69) is 5.32 Å². The van der Waals surface area contributed by atoms with Crippen LogP contribution in [0.2, 0.25) is 0 Å². The fourth-order valence-corrected chi connectivity index (χ4v) is 1.82. The molecule has 0 bridgehead atoms. The third-order valence-electron chi connectivity index (χ3n) is 3.03. The van der Waals surface area contributed by atoms with E-state index in [-0.39, 0.29) is 0 Å². The van der Waals surface area contributed by atoms with Crippen LogP contribution in [0.5, 0.6) is 0 Å². The summed E-state index contributed by atoms with van der Waals surface area (Å²) in [7, 11) is 0. The van der Waals surface area contributed by atoms with E-state index < -0.39 is 30.5 Å². The standard InChI is InChI=1S/C17H15NO5/c19-15(12-7-3-1-4-8-12)18-14(16(20)21)11-23-17(22)13-9-5-2-6-10-13/h1-10,14H,11H2,(H,18,19)(H,20,21). The minimum atomic E-state index is -1.32. The maximum Gasteiger partial charge on any atom is 0.338 e. The summed E-state index contributed by atoms with van der Waals surface area (Å²) in [6.07, 6.45) is 0. The molecule has 0 aliphatic carbocycles. The van der Waals surface area contributed by atoms with Gasteiger partial charge >= 0.3 is 11.9 Å². The van der Waals surface area contributed by atoms with Crippen LogP contribution in [0.3, 0.4) is 0 Å². The highest BCUT2D eigenvalue weighted by Gasteiger charge is 2.22. The number of ether oxygens (including phenoxy) is 1. The lowest BCUT2D eigenvalue weighted by Crippen LogP contribution is -2.44. The number of nitrogens with one attached hydrogen (secondary N) is 1. The van der Waals surface area contributed by atoms with E-state index >= 15 is 0 Å². The average Bonchev–Trinajstić information content (AvgIpc) is 2.59. The topological polar surface area (TPSA) is 92.7 Å². The molecule has 0 saturated heterocycles. The molecule has 1 atom stereocenters. The lowest BCUT2D eigenvalue weighted by Gasteiger charge is -2.14. The second kappa shape index (κ2) is 7.74. The highest BCUT2D eigenvalue weighted by molar-refractivity contribution is 5.96. The van der Waals surface area contributed by atoms with E-state index in [9.17, 15) is 14.4 Å². The van der Waals surface area contributed by atoms with Gasteiger partial charge in [-0.1, -0.05) is 36.4 Å². The molecule has 1 unspecified atom stereocenters. The van der Waals surface area contributed by atoms with Crippen LogP contribution in [0.15, 0.2) is 60.7 Å². The number of hydrogen-bond donors (Lipinski definition) is 2. The molecule has 2 aromatic carbocycles. The first kappa shape index (κ1) is 16.2. The van der Waals surface area contributed by atoms with Crippen molar-refractivity contribution in [1.82, 2.24) is 5.32 Å². The van der Waals surface area contributed by atoms with Gasteiger partial charge in [0.2, 0.25) is 0 Å². The molecule has 2 rings (SSSR count). The average molecular weight is 313 g/mol. The number of amides is 1. The Morgan fingerprint density at radius 3 is 1.96 bits per heavy atom. The highest BCUT2D eigenvalue weighted by Crippen LogP contribution is 2.03. The number of benzene rings is 2. The number of carbonyl (C=O) groups excluding carboxylic acids is 2. The number of hydrogen-bond acceptors (Lipinski definition) is 4. The van der Waals surface area contributed by atoms with Crippen LogP contribution < -0.4 is 5.32 Å². The highest BCUT2D eigenvalue weighted by atomic mass is 16.5. The number of aliphatic carboxylic acids is 1. The number of rotatable bonds is 6. The number of esters is 1. The molecule has 0 saturated carbocycles. The Balaban J connectivity index is 1.96. The van der Waals surface area contributed by atoms with E-state index in [0.717, 1.165) is 0 Å². The molecule has 1 amide bonds. The normalized spacial score (nSPS) is 11.3. The van der Waals surface area contributed by atoms with Crippen LogP contribution in [0, 0.1) is 0 Å². The molecule has 6 nitrogen and oxygen atoms in total. The lowest BCUT2D eigenvalue weighted by molar-refractivity contribution is -0.140. The summed E-state index contributed by atoms with van der Waals surface area (Å²) in [6.45, 7) is -0.457. The van der Waals surface area contributed by atoms with Crippen LogP contribution in [-0.2, 0) is 9.53 Å². The first-order chi connectivity index (χ1) is 11.1. The summed E-state index contributed by atoms with van der Waals surface area (Å²) in [5.41, 5.74) is 0.638. The van der Waals surface area contributed by atoms with Gasteiger partial charge in [0, 0.05) is 5.56 Å². The molecule has 23 heavy (non-hydrogen) atoms. The second-order valence-electron chi connectivity index (χ2n) is 4.69. The molecular weight excluding hydrogens is 298 g/mol. The van der Waals surface area contributed by atoms with E-state index in [0.29, 0.717) is 11.1 Å². The summed E-state index contributed by atoms with van der Waals surface area (Å²) in [4.78, 5) is 35.0. The molecule has 0 fully saturated rings. The summed E-state index contributed by atoms with van der Waals surface area (Å²) in [6, 6.07) is 15.1. The van der Waals surface area contributed by atoms with Crippen molar-refractivity contribution >= 4 is 17.8 Å². The molecule has 0 aliphatic heterocycles. The van der Waals surface area contributed by atoms with E-state index in [1.54, 1.807) is 60.7 Å². The van der Waals surface area contributed by atoms with Gasteiger partial charge in [0.1, 0.15) is 6.61 Å². The van der Waals surface area contributed by atoms with Gasteiger partial charge in [0.05, 0.1) is 5.56 Å². The first-order valence-electron chi connectivity index (χ1n) is 6.89. The third-order valence-corrected chi connectivity index (χ3v) is 3.03. The third kappa shape index (κ3) is 4.67. The molecule has 2 N–H and O–H groups in total. The maximum atomic E-state index is 12.0. The van der Waals surface area contributed by atoms with Crippen LogP contribution in [0.25, 0.3) is 0 Å². The zero-order valence-electron chi connectivity index (χ0n) is 12.1. The van der Waals surface area contributed by atoms with Gasteiger partial charge in [0.15, 0.2) is 6.04 Å². The van der Waals surface area contributed by atoms with E-state index in [1.165, 1.54) is 0 Å². The Morgan fingerprint density at radius 2 is 1.43 bits per heavy atom. The van der Waals surface area contributed by atoms with Crippen molar-refractivity contribution in [3.8, 4) is 0 Å². The van der Waals surface area contributed by atoms with Crippen molar-refractivity contribution < 1.29 is 24.2 Å². The summed E-state index contributed by atoms with van der Waals surface area (Å²) in [5, 5.41) is 11.5. The molecular formula is C17H15NO5. The molecule has 0 aromatic heterocycles. The Morgan fingerprint density at radius 1 is 0.913 bits per heavy atom. The first-order valence-corrected chi connectivity index (χ1v) is 6.89. The van der Waals surface area contributed by atoms with Crippen molar-refractivity contribution in [3.63, 3.8) is 0 Å². The predicted molar refractivity (Wildman–Crippen MR) is 82.1 cm³/mol. The summed E-state index contributed by atoms with van der Waals surface area (Å²) < 4.78 is 4.95. The predicted octanol–water partition coefficient (Wildman–Crippen LogP) is 1.73. The van der Waals surface area contributed by atoms with Crippen molar-refractivity contribution in [2.24, 2.45) is 0 Å². The quantitative estimate of drug-likeness (QED) is 0.792. The van der Waals surface area contributed by atoms with Crippen molar-refractivity contribution in [1.29, 1.82) is 0 Å². The summed E-state index contributed by atoms with van der Waals surface area (Å²) in [5.74, 6) is -2.48. The molecule has 6 heteroatoms. The van der Waals surface area contributed by atoms with Gasteiger partial charge < -0.3 is 15.2 Å². The van der Waals surface area contributed by atoms with Crippen molar-refractivity contribution in [3.05, 3.63) is 71.8 Å². The SMILES string of the molecule is O=C(NC(COC(=O)c1ccccc1)C(=O)O)c1ccccc1. The lowest BCUT2D eigenvalue weighted by atomic mass is 10.2. The van der Waals surface area contributed by atoms with Crippen LogP contribution in [0.1, 0.15) is 20.7 Å². The molecule has 118 valence electrons. The molecule has 0 heterocycles. The molecule has 0 aliphatic rings. The van der Waals surface area contributed by atoms with Gasteiger partial charge in [-0.15, -0.1) is 0 Å². The van der Waals surface area contributed by atoms with Gasteiger partial charge in [-0.25, -0.2) is 9.59 Å². The fourth-order valence-electron chi connectivity index (χ4n) is 1.82. The molecule has 0 spiro atoms. The zero-order valence-corrected chi connectivity index (χ0v) is 12.1. The Hall–Kier alpha value is -3.15. The smallest absolute Gasteiger partial charge is 0.338 e. The Kier molecular flexibility index (Phi) is 5.46. The zero-order chi connectivity index (χ0) is 16.7. The minimum absolute atomic E-state index is 0.311. The number of carboxylic acid groups (broad SMARTS) is 1. The van der Waals surface area contributed by atoms with Gasteiger partial charge in [0.25, 0.3) is 5.91 Å². The van der Waals surface area contributed by atoms with Gasteiger partial charge in [-0.05, 0) is 24.3 Å². The maximum absolute atomic E-state index is 12.0. The van der Waals surface area contributed by atoms with Crippen LogP contribution in [0.4, 0.5) is 0 Å². The van der Waals surface area contributed by atoms with Crippen LogP contribution >= 0.6 is 0 Å². The second-order valence-corrected chi connectivity index (χ2v) is 4.69. The Bertz CT molecular complexity index is 685. The molecule has 0 radical (unpaired) electrons. The van der Waals surface area contributed by atoms with Crippen molar-refractivity contribution in [2.75, 3.05) is 6.61 Å². The minimum Gasteiger partial charge on any atom is -0.480 e. The van der Waals surface area contributed by atoms with Crippen LogP contribution in [-0.4, -0.2) is 35.6 Å². The van der Waals surface area contributed by atoms with Gasteiger partial charge in [-0.3, -0.25) is 4.79 Å². The fraction of sp³-hybridized carbons (Fsp3) is 0.118. The number of carbonyl (C=O) groups is 3. The number of carboxylic acids is 1. The van der Waals surface area contributed by atoms with Gasteiger partial charge in [-0.2, -0.15) is 0 Å². The Labute approximate surface area is 132 Å². The van der Waals surface area contributed by atoms with E-state index in [4.69, 9.17) is 9.84 Å².